The number of carboxylic acids is 1. The van der Waals surface area contributed by atoms with Gasteiger partial charge in [-0.05, 0) is 29.8 Å². The average molecular weight is 314 g/mol. The highest BCUT2D eigenvalue weighted by molar-refractivity contribution is 5.91. The van der Waals surface area contributed by atoms with Gasteiger partial charge >= 0.3 is 5.97 Å². The van der Waals surface area contributed by atoms with Crippen LogP contribution in [0.5, 0.6) is 0 Å². The fourth-order valence-electron chi connectivity index (χ4n) is 2.26. The van der Waals surface area contributed by atoms with Crippen molar-refractivity contribution in [2.24, 2.45) is 5.10 Å². The van der Waals surface area contributed by atoms with Gasteiger partial charge in [0.1, 0.15) is 6.34 Å². The lowest BCUT2D eigenvalue weighted by atomic mass is 10.0. The van der Waals surface area contributed by atoms with Crippen molar-refractivity contribution in [3.8, 4) is 0 Å². The molecule has 0 fully saturated rings. The van der Waals surface area contributed by atoms with Gasteiger partial charge in [0.25, 0.3) is 0 Å². The van der Waals surface area contributed by atoms with E-state index in [4.69, 9.17) is 5.21 Å². The lowest BCUT2D eigenvalue weighted by Crippen LogP contribution is -2.33. The lowest BCUT2D eigenvalue weighted by Gasteiger charge is -2.27. The van der Waals surface area contributed by atoms with Crippen LogP contribution in [-0.2, 0) is 4.79 Å². The van der Waals surface area contributed by atoms with Crippen LogP contribution in [-0.4, -0.2) is 29.7 Å². The number of hydrogen-bond donors (Lipinski definition) is 4. The summed E-state index contributed by atoms with van der Waals surface area (Å²) < 4.78 is 0. The van der Waals surface area contributed by atoms with Crippen molar-refractivity contribution in [1.29, 1.82) is 0 Å². The van der Waals surface area contributed by atoms with Crippen LogP contribution in [0.15, 0.2) is 59.7 Å². The molecular weight excluding hydrogens is 296 g/mol. The van der Waals surface area contributed by atoms with Crippen LogP contribution in [0.2, 0.25) is 0 Å². The Balaban J connectivity index is 2.50. The minimum Gasteiger partial charge on any atom is -0.479 e. The zero-order valence-corrected chi connectivity index (χ0v) is 12.5. The summed E-state index contributed by atoms with van der Waals surface area (Å²) in [7, 11) is 1.76. The van der Waals surface area contributed by atoms with Gasteiger partial charge in [0.2, 0.25) is 0 Å². The Morgan fingerprint density at radius 3 is 2.57 bits per heavy atom. The fourth-order valence-corrected chi connectivity index (χ4v) is 2.26. The van der Waals surface area contributed by atoms with Gasteiger partial charge in [-0.25, -0.2) is 4.79 Å². The topological polar surface area (TPSA) is 97.2 Å². The molecule has 1 unspecified atom stereocenters. The van der Waals surface area contributed by atoms with Gasteiger partial charge in [0.15, 0.2) is 6.04 Å². The summed E-state index contributed by atoms with van der Waals surface area (Å²) >= 11 is 0. The number of nitrogens with one attached hydrogen (secondary N) is 2. The predicted molar refractivity (Wildman–Crippen MR) is 88.7 cm³/mol. The van der Waals surface area contributed by atoms with E-state index in [0.29, 0.717) is 11.3 Å². The smallest absolute Gasteiger partial charge is 0.331 e. The van der Waals surface area contributed by atoms with Crippen molar-refractivity contribution in [1.82, 2.24) is 5.59 Å². The quantitative estimate of drug-likeness (QED) is 0.356. The summed E-state index contributed by atoms with van der Waals surface area (Å²) in [5, 5.41) is 25.0. The molecule has 0 aliphatic heterocycles. The Morgan fingerprint density at radius 1 is 1.22 bits per heavy atom. The first-order valence-electron chi connectivity index (χ1n) is 6.93. The summed E-state index contributed by atoms with van der Waals surface area (Å²) in [5.74, 6) is -1.04. The highest BCUT2D eigenvalue weighted by atomic mass is 16.5. The molecule has 0 saturated heterocycles. The zero-order chi connectivity index (χ0) is 16.7. The monoisotopic (exact) mass is 314 g/mol. The van der Waals surface area contributed by atoms with Gasteiger partial charge in [-0.15, -0.1) is 5.10 Å². The Hall–Kier alpha value is -3.06. The highest BCUT2D eigenvalue weighted by Gasteiger charge is 2.27. The van der Waals surface area contributed by atoms with Crippen molar-refractivity contribution >= 4 is 23.7 Å². The fraction of sp³-hybridized carbons (Fsp3) is 0.125. The molecule has 7 nitrogen and oxygen atoms in total. The summed E-state index contributed by atoms with van der Waals surface area (Å²) in [6.07, 6.45) is 1.24. The Bertz CT molecular complexity index is 676. The molecule has 0 spiro atoms. The van der Waals surface area contributed by atoms with E-state index >= 15 is 0 Å². The van der Waals surface area contributed by atoms with Gasteiger partial charge < -0.3 is 15.3 Å². The number of rotatable bonds is 7. The molecular formula is C16H18N4O3. The van der Waals surface area contributed by atoms with Gasteiger partial charge in [0, 0.05) is 18.4 Å². The second-order valence-corrected chi connectivity index (χ2v) is 4.70. The van der Waals surface area contributed by atoms with E-state index in [1.165, 1.54) is 11.2 Å². The molecule has 7 heteroatoms. The standard InChI is InChI=1S/C16H18N4O3/c1-17-13-7-5-6-12(10-13)15(16(21)22)20(11-18-19-23)14-8-3-2-4-9-14/h2-11,15,17,19,23H,1H3,(H,21,22)/b18-11-. The number of carboxylic acid groups (broad SMARTS) is 1. The van der Waals surface area contributed by atoms with Gasteiger partial charge in [-0.1, -0.05) is 30.3 Å². The largest absolute Gasteiger partial charge is 0.479 e. The maximum atomic E-state index is 11.9. The van der Waals surface area contributed by atoms with Crippen LogP contribution in [0.4, 0.5) is 11.4 Å². The van der Waals surface area contributed by atoms with Crippen molar-refractivity contribution < 1.29 is 15.1 Å². The van der Waals surface area contributed by atoms with Crippen LogP contribution in [0.3, 0.4) is 0 Å². The number of para-hydroxylation sites is 1. The number of carbonyl (C=O) groups is 1. The first-order valence-corrected chi connectivity index (χ1v) is 6.93. The molecule has 2 aromatic carbocycles. The van der Waals surface area contributed by atoms with E-state index in [1.807, 2.05) is 12.1 Å². The highest BCUT2D eigenvalue weighted by Crippen LogP contribution is 2.27. The Kier molecular flexibility index (Phi) is 5.54. The van der Waals surface area contributed by atoms with Gasteiger partial charge in [-0.3, -0.25) is 5.21 Å². The summed E-state index contributed by atoms with van der Waals surface area (Å²) in [5.41, 5.74) is 3.68. The van der Waals surface area contributed by atoms with Gasteiger partial charge in [0.05, 0.1) is 0 Å². The maximum Gasteiger partial charge on any atom is 0.331 e. The normalized spacial score (nSPS) is 11.9. The molecule has 4 N–H and O–H groups in total. The molecule has 23 heavy (non-hydrogen) atoms. The third-order valence-corrected chi connectivity index (χ3v) is 3.30. The van der Waals surface area contributed by atoms with Crippen LogP contribution >= 0.6 is 0 Å². The number of hydrogen-bond acceptors (Lipinski definition) is 5. The van der Waals surface area contributed by atoms with Crippen molar-refractivity contribution in [2.75, 3.05) is 17.3 Å². The van der Waals surface area contributed by atoms with Crippen LogP contribution in [0.1, 0.15) is 11.6 Å². The van der Waals surface area contributed by atoms with Crippen molar-refractivity contribution in [2.45, 2.75) is 6.04 Å². The molecule has 0 aliphatic carbocycles. The van der Waals surface area contributed by atoms with E-state index < -0.39 is 12.0 Å². The molecule has 0 aromatic heterocycles. The Morgan fingerprint density at radius 2 is 1.96 bits per heavy atom. The third kappa shape index (κ3) is 3.98. The molecule has 0 amide bonds. The summed E-state index contributed by atoms with van der Waals surface area (Å²) in [6, 6.07) is 15.1. The third-order valence-electron chi connectivity index (χ3n) is 3.30. The van der Waals surface area contributed by atoms with Crippen LogP contribution in [0.25, 0.3) is 0 Å². The number of anilines is 2. The van der Waals surface area contributed by atoms with E-state index in [2.05, 4.69) is 10.4 Å². The van der Waals surface area contributed by atoms with E-state index in [-0.39, 0.29) is 0 Å². The Labute approximate surface area is 133 Å². The molecule has 0 saturated carbocycles. The summed E-state index contributed by atoms with van der Waals surface area (Å²) in [6.45, 7) is 0. The molecule has 0 radical (unpaired) electrons. The van der Waals surface area contributed by atoms with Crippen LogP contribution < -0.4 is 15.8 Å². The first-order chi connectivity index (χ1) is 11.2. The minimum absolute atomic E-state index is 0.581. The predicted octanol–water partition coefficient (Wildman–Crippen LogP) is 2.28. The molecule has 2 rings (SSSR count). The molecule has 1 atom stereocenters. The van der Waals surface area contributed by atoms with E-state index in [1.54, 1.807) is 55.1 Å². The number of aliphatic carboxylic acids is 1. The number of benzene rings is 2. The second kappa shape index (κ2) is 7.81. The molecule has 2 aromatic rings. The molecule has 120 valence electrons. The lowest BCUT2D eigenvalue weighted by molar-refractivity contribution is -0.138. The molecule has 0 bridgehead atoms. The summed E-state index contributed by atoms with van der Waals surface area (Å²) in [4.78, 5) is 13.3. The average Bonchev–Trinajstić information content (AvgIpc) is 2.59. The number of hydrazone groups is 1. The molecule has 0 heterocycles. The molecule has 0 aliphatic rings. The van der Waals surface area contributed by atoms with E-state index in [0.717, 1.165) is 5.69 Å². The minimum atomic E-state index is -1.04. The van der Waals surface area contributed by atoms with Crippen molar-refractivity contribution in [3.05, 3.63) is 60.2 Å². The van der Waals surface area contributed by atoms with Crippen LogP contribution in [0, 0.1) is 0 Å². The SMILES string of the molecule is CNc1cccc(C(C(=O)O)N(/C=N\NO)c2ccccc2)c1. The zero-order valence-electron chi connectivity index (χ0n) is 12.5. The van der Waals surface area contributed by atoms with Gasteiger partial charge in [-0.2, -0.15) is 5.59 Å². The first kappa shape index (κ1) is 16.3. The number of nitrogens with zero attached hydrogens (tertiary/aromatic N) is 2. The van der Waals surface area contributed by atoms with E-state index in [9.17, 15) is 9.90 Å². The second-order valence-electron chi connectivity index (χ2n) is 4.70. The van der Waals surface area contributed by atoms with Crippen molar-refractivity contribution in [3.63, 3.8) is 0 Å². The maximum absolute atomic E-state index is 11.9.